The number of carboxylic acids is 1. The van der Waals surface area contributed by atoms with E-state index in [0.717, 1.165) is 0 Å². The Labute approximate surface area is 103 Å². The molecule has 5 nitrogen and oxygen atoms in total. The van der Waals surface area contributed by atoms with E-state index in [4.69, 9.17) is 5.11 Å². The zero-order valence-electron chi connectivity index (χ0n) is 9.60. The van der Waals surface area contributed by atoms with Crippen molar-refractivity contribution >= 4 is 12.0 Å². The number of aliphatic carboxylic acids is 1. The van der Waals surface area contributed by atoms with Gasteiger partial charge in [0.1, 0.15) is 5.82 Å². The van der Waals surface area contributed by atoms with Crippen LogP contribution in [0.1, 0.15) is 5.56 Å². The summed E-state index contributed by atoms with van der Waals surface area (Å²) in [6.07, 6.45) is 0. The van der Waals surface area contributed by atoms with Gasteiger partial charge in [-0.15, -0.1) is 0 Å². The van der Waals surface area contributed by atoms with Crippen LogP contribution in [0.25, 0.3) is 0 Å². The van der Waals surface area contributed by atoms with E-state index < -0.39 is 11.9 Å². The van der Waals surface area contributed by atoms with Gasteiger partial charge in [-0.1, -0.05) is 12.1 Å². The number of nitrogens with zero attached hydrogens (tertiary/aromatic N) is 1. The van der Waals surface area contributed by atoms with E-state index in [1.807, 2.05) is 0 Å². The second-order valence-electron chi connectivity index (χ2n) is 4.23. The molecule has 0 aliphatic carbocycles. The summed E-state index contributed by atoms with van der Waals surface area (Å²) in [5.41, 5.74) is 0.665. The number of urea groups is 1. The number of hydrogen-bond donors (Lipinski definition) is 2. The molecule has 0 aromatic heterocycles. The minimum atomic E-state index is -0.885. The summed E-state index contributed by atoms with van der Waals surface area (Å²) in [5.74, 6) is -1.70. The SMILES string of the molecule is O=C(O)C1CN(C(=O)NCc2cccc(F)c2)C1. The van der Waals surface area contributed by atoms with Crippen molar-refractivity contribution in [2.45, 2.75) is 6.54 Å². The van der Waals surface area contributed by atoms with Crippen LogP contribution in [0.2, 0.25) is 0 Å². The molecule has 1 aliphatic heterocycles. The second kappa shape index (κ2) is 5.03. The molecule has 0 bridgehead atoms. The monoisotopic (exact) mass is 252 g/mol. The number of rotatable bonds is 3. The lowest BCUT2D eigenvalue weighted by molar-refractivity contribution is -0.146. The molecule has 0 unspecified atom stereocenters. The highest BCUT2D eigenvalue weighted by Gasteiger charge is 2.35. The first-order chi connectivity index (χ1) is 8.56. The Morgan fingerprint density at radius 2 is 2.17 bits per heavy atom. The summed E-state index contributed by atoms with van der Waals surface area (Å²) in [7, 11) is 0. The Hall–Kier alpha value is -2.11. The molecule has 0 atom stereocenters. The first kappa shape index (κ1) is 12.3. The maximum absolute atomic E-state index is 12.9. The molecule has 1 aliphatic rings. The van der Waals surface area contributed by atoms with E-state index in [1.165, 1.54) is 17.0 Å². The van der Waals surface area contributed by atoms with Gasteiger partial charge in [0.2, 0.25) is 0 Å². The molecule has 1 saturated heterocycles. The number of amides is 2. The van der Waals surface area contributed by atoms with Crippen molar-refractivity contribution in [1.29, 1.82) is 0 Å². The minimum Gasteiger partial charge on any atom is -0.481 e. The average Bonchev–Trinajstić information content (AvgIpc) is 2.24. The average molecular weight is 252 g/mol. The van der Waals surface area contributed by atoms with E-state index in [1.54, 1.807) is 12.1 Å². The van der Waals surface area contributed by atoms with Gasteiger partial charge in [-0.2, -0.15) is 0 Å². The Kier molecular flexibility index (Phi) is 3.45. The summed E-state index contributed by atoms with van der Waals surface area (Å²) in [4.78, 5) is 23.6. The fourth-order valence-electron chi connectivity index (χ4n) is 1.74. The van der Waals surface area contributed by atoms with E-state index >= 15 is 0 Å². The lowest BCUT2D eigenvalue weighted by Gasteiger charge is -2.36. The summed E-state index contributed by atoms with van der Waals surface area (Å²) in [6, 6.07) is 5.63. The van der Waals surface area contributed by atoms with Gasteiger partial charge in [0.25, 0.3) is 0 Å². The number of nitrogens with one attached hydrogen (secondary N) is 1. The maximum Gasteiger partial charge on any atom is 0.317 e. The van der Waals surface area contributed by atoms with Gasteiger partial charge in [0.05, 0.1) is 5.92 Å². The fraction of sp³-hybridized carbons (Fsp3) is 0.333. The van der Waals surface area contributed by atoms with Crippen LogP contribution in [-0.2, 0) is 11.3 Å². The highest BCUT2D eigenvalue weighted by atomic mass is 19.1. The standard InChI is InChI=1S/C12H13FN2O3/c13-10-3-1-2-8(4-10)5-14-12(18)15-6-9(7-15)11(16)17/h1-4,9H,5-7H2,(H,14,18)(H,16,17). The van der Waals surface area contributed by atoms with Gasteiger partial charge in [0, 0.05) is 19.6 Å². The number of carboxylic acid groups (broad SMARTS) is 1. The molecule has 96 valence electrons. The van der Waals surface area contributed by atoms with Crippen molar-refractivity contribution in [1.82, 2.24) is 10.2 Å². The van der Waals surface area contributed by atoms with E-state index in [9.17, 15) is 14.0 Å². The summed E-state index contributed by atoms with van der Waals surface area (Å²) < 4.78 is 12.9. The van der Waals surface area contributed by atoms with Crippen LogP contribution >= 0.6 is 0 Å². The van der Waals surface area contributed by atoms with Crippen molar-refractivity contribution in [3.05, 3.63) is 35.6 Å². The predicted molar refractivity (Wildman–Crippen MR) is 61.3 cm³/mol. The topological polar surface area (TPSA) is 69.6 Å². The first-order valence-electron chi connectivity index (χ1n) is 5.56. The fourth-order valence-corrected chi connectivity index (χ4v) is 1.74. The number of halogens is 1. The predicted octanol–water partition coefficient (Wildman–Crippen LogP) is 1.05. The molecule has 1 fully saturated rings. The van der Waals surface area contributed by atoms with Gasteiger partial charge in [-0.25, -0.2) is 9.18 Å². The molecule has 2 amide bonds. The molecule has 6 heteroatoms. The Balaban J connectivity index is 1.78. The van der Waals surface area contributed by atoms with Crippen molar-refractivity contribution in [2.75, 3.05) is 13.1 Å². The summed E-state index contributed by atoms with van der Waals surface area (Å²) in [5, 5.41) is 11.3. The third-order valence-electron chi connectivity index (χ3n) is 2.85. The van der Waals surface area contributed by atoms with Crippen molar-refractivity contribution in [3.8, 4) is 0 Å². The molecular formula is C12H13FN2O3. The smallest absolute Gasteiger partial charge is 0.317 e. The van der Waals surface area contributed by atoms with Crippen LogP contribution in [-0.4, -0.2) is 35.1 Å². The Morgan fingerprint density at radius 1 is 1.44 bits per heavy atom. The lowest BCUT2D eigenvalue weighted by Crippen LogP contribution is -2.56. The lowest BCUT2D eigenvalue weighted by atomic mass is 10.0. The normalized spacial score (nSPS) is 15.1. The van der Waals surface area contributed by atoms with Crippen molar-refractivity contribution in [2.24, 2.45) is 5.92 Å². The number of likely N-dealkylation sites (tertiary alicyclic amines) is 1. The Bertz CT molecular complexity index is 472. The minimum absolute atomic E-state index is 0.227. The second-order valence-corrected chi connectivity index (χ2v) is 4.23. The zero-order valence-corrected chi connectivity index (χ0v) is 9.60. The van der Waals surface area contributed by atoms with Gasteiger partial charge in [-0.3, -0.25) is 4.79 Å². The van der Waals surface area contributed by atoms with E-state index in [-0.39, 0.29) is 31.5 Å². The van der Waals surface area contributed by atoms with Crippen LogP contribution in [0.5, 0.6) is 0 Å². The van der Waals surface area contributed by atoms with Crippen molar-refractivity contribution < 1.29 is 19.1 Å². The summed E-state index contributed by atoms with van der Waals surface area (Å²) >= 11 is 0. The molecule has 2 rings (SSSR count). The number of carbonyl (C=O) groups is 2. The largest absolute Gasteiger partial charge is 0.481 e. The first-order valence-corrected chi connectivity index (χ1v) is 5.56. The number of hydrogen-bond acceptors (Lipinski definition) is 2. The molecule has 0 spiro atoms. The zero-order chi connectivity index (χ0) is 13.1. The van der Waals surface area contributed by atoms with Gasteiger partial charge >= 0.3 is 12.0 Å². The van der Waals surface area contributed by atoms with Crippen LogP contribution in [0.15, 0.2) is 24.3 Å². The van der Waals surface area contributed by atoms with Crippen molar-refractivity contribution in [3.63, 3.8) is 0 Å². The maximum atomic E-state index is 12.9. The van der Waals surface area contributed by atoms with Crippen LogP contribution in [0.4, 0.5) is 9.18 Å². The van der Waals surface area contributed by atoms with Gasteiger partial charge in [-0.05, 0) is 17.7 Å². The third-order valence-corrected chi connectivity index (χ3v) is 2.85. The quantitative estimate of drug-likeness (QED) is 0.844. The molecule has 2 N–H and O–H groups in total. The highest BCUT2D eigenvalue weighted by Crippen LogP contribution is 2.15. The van der Waals surface area contributed by atoms with Crippen LogP contribution in [0.3, 0.4) is 0 Å². The van der Waals surface area contributed by atoms with E-state index in [2.05, 4.69) is 5.32 Å². The molecule has 18 heavy (non-hydrogen) atoms. The Morgan fingerprint density at radius 3 is 2.78 bits per heavy atom. The van der Waals surface area contributed by atoms with Gasteiger partial charge < -0.3 is 15.3 Å². The van der Waals surface area contributed by atoms with Gasteiger partial charge in [0.15, 0.2) is 0 Å². The van der Waals surface area contributed by atoms with Crippen LogP contribution in [0, 0.1) is 11.7 Å². The van der Waals surface area contributed by atoms with Crippen LogP contribution < -0.4 is 5.32 Å². The molecule has 1 aromatic carbocycles. The molecule has 0 saturated carbocycles. The number of benzene rings is 1. The molecule has 1 heterocycles. The third kappa shape index (κ3) is 2.77. The molecular weight excluding hydrogens is 239 g/mol. The number of carbonyl (C=O) groups excluding carboxylic acids is 1. The molecule has 1 aromatic rings. The highest BCUT2D eigenvalue weighted by molar-refractivity contribution is 5.79. The van der Waals surface area contributed by atoms with E-state index in [0.29, 0.717) is 5.56 Å². The summed E-state index contributed by atoms with van der Waals surface area (Å²) in [6.45, 7) is 0.680. The molecule has 0 radical (unpaired) electrons.